The molecule has 156 valence electrons. The molecule has 4 nitrogen and oxygen atoms in total. The molecule has 2 N–H and O–H groups in total. The van der Waals surface area contributed by atoms with Gasteiger partial charge in [-0.2, -0.15) is 13.2 Å². The summed E-state index contributed by atoms with van der Waals surface area (Å²) < 4.78 is 54.0. The maximum Gasteiger partial charge on any atom is 0.416 e. The molecule has 0 aliphatic rings. The Hall–Kier alpha value is -2.61. The molecule has 2 amide bonds. The van der Waals surface area contributed by atoms with Crippen molar-refractivity contribution in [1.82, 2.24) is 15.6 Å². The molecule has 0 radical (unpaired) electrons. The summed E-state index contributed by atoms with van der Waals surface area (Å²) in [6.45, 7) is 7.08. The standard InChI is InChI=1S/C20H20ClF4N3O/c1-4-7-19(28-18(29)27-12(2)3,17-6-5-15(21)11-26-17)13-8-14(20(23,24)25)10-16(22)9-13/h4-6,8-12H,1,7H2,2-3H3,(H2,27,28,29)/t19-/m0/s1. The molecule has 0 saturated heterocycles. The molecule has 0 fully saturated rings. The number of halogens is 5. The zero-order valence-electron chi connectivity index (χ0n) is 15.8. The van der Waals surface area contributed by atoms with Gasteiger partial charge in [0.15, 0.2) is 0 Å². The van der Waals surface area contributed by atoms with Crippen molar-refractivity contribution in [2.75, 3.05) is 0 Å². The molecule has 0 aliphatic carbocycles. The van der Waals surface area contributed by atoms with E-state index in [0.717, 1.165) is 12.1 Å². The average Bonchev–Trinajstić information content (AvgIpc) is 2.60. The van der Waals surface area contributed by atoms with Crippen LogP contribution in [0.1, 0.15) is 37.1 Å². The second-order valence-electron chi connectivity index (χ2n) is 6.74. The van der Waals surface area contributed by atoms with Gasteiger partial charge in [-0.15, -0.1) is 6.58 Å². The van der Waals surface area contributed by atoms with Crippen LogP contribution in [0.3, 0.4) is 0 Å². The minimum Gasteiger partial charge on any atom is -0.336 e. The first-order chi connectivity index (χ1) is 13.5. The topological polar surface area (TPSA) is 54.0 Å². The fourth-order valence-corrected chi connectivity index (χ4v) is 3.01. The fraction of sp³-hybridized carbons (Fsp3) is 0.300. The molecule has 1 aromatic heterocycles. The highest BCUT2D eigenvalue weighted by atomic mass is 35.5. The van der Waals surface area contributed by atoms with Crippen LogP contribution < -0.4 is 10.6 Å². The van der Waals surface area contributed by atoms with Gasteiger partial charge in [0.2, 0.25) is 0 Å². The molecule has 0 saturated carbocycles. The Morgan fingerprint density at radius 3 is 2.41 bits per heavy atom. The second kappa shape index (κ2) is 8.82. The number of benzene rings is 1. The van der Waals surface area contributed by atoms with E-state index in [0.29, 0.717) is 11.1 Å². The molecule has 0 aliphatic heterocycles. The van der Waals surface area contributed by atoms with Crippen LogP contribution in [-0.4, -0.2) is 17.1 Å². The van der Waals surface area contributed by atoms with Crippen molar-refractivity contribution < 1.29 is 22.4 Å². The van der Waals surface area contributed by atoms with Crippen LogP contribution >= 0.6 is 11.6 Å². The summed E-state index contributed by atoms with van der Waals surface area (Å²) >= 11 is 5.88. The number of urea groups is 1. The Balaban J connectivity index is 2.74. The Morgan fingerprint density at radius 2 is 1.90 bits per heavy atom. The number of amides is 2. The normalized spacial score (nSPS) is 13.7. The summed E-state index contributed by atoms with van der Waals surface area (Å²) in [4.78, 5) is 16.7. The fourth-order valence-electron chi connectivity index (χ4n) is 2.89. The minimum atomic E-state index is -4.77. The van der Waals surface area contributed by atoms with Crippen molar-refractivity contribution in [2.24, 2.45) is 0 Å². The largest absolute Gasteiger partial charge is 0.416 e. The molecule has 29 heavy (non-hydrogen) atoms. The van der Waals surface area contributed by atoms with Crippen molar-refractivity contribution >= 4 is 17.6 Å². The highest BCUT2D eigenvalue weighted by Gasteiger charge is 2.40. The Labute approximate surface area is 171 Å². The van der Waals surface area contributed by atoms with Gasteiger partial charge in [0.25, 0.3) is 0 Å². The predicted octanol–water partition coefficient (Wildman–Crippen LogP) is 5.42. The second-order valence-corrected chi connectivity index (χ2v) is 7.18. The number of carbonyl (C=O) groups excluding carboxylic acids is 1. The zero-order chi connectivity index (χ0) is 21.8. The van der Waals surface area contributed by atoms with Crippen LogP contribution in [0.15, 0.2) is 49.2 Å². The van der Waals surface area contributed by atoms with Gasteiger partial charge >= 0.3 is 12.2 Å². The number of hydrogen-bond acceptors (Lipinski definition) is 2. The summed E-state index contributed by atoms with van der Waals surface area (Å²) in [6.07, 6.45) is -2.12. The first-order valence-corrected chi connectivity index (χ1v) is 9.05. The van der Waals surface area contributed by atoms with Crippen LogP contribution in [0.4, 0.5) is 22.4 Å². The van der Waals surface area contributed by atoms with Gasteiger partial charge < -0.3 is 10.6 Å². The van der Waals surface area contributed by atoms with E-state index in [9.17, 15) is 22.4 Å². The van der Waals surface area contributed by atoms with E-state index in [1.165, 1.54) is 24.4 Å². The van der Waals surface area contributed by atoms with Gasteiger partial charge in [0.05, 0.1) is 16.3 Å². The van der Waals surface area contributed by atoms with E-state index in [1.807, 2.05) is 0 Å². The first kappa shape index (κ1) is 22.7. The molecule has 0 unspecified atom stereocenters. The molecule has 9 heteroatoms. The van der Waals surface area contributed by atoms with Crippen molar-refractivity contribution in [2.45, 2.75) is 38.0 Å². The number of nitrogens with one attached hydrogen (secondary N) is 2. The highest BCUT2D eigenvalue weighted by Crippen LogP contribution is 2.37. The third-order valence-electron chi connectivity index (χ3n) is 4.08. The van der Waals surface area contributed by atoms with Gasteiger partial charge in [-0.1, -0.05) is 17.7 Å². The van der Waals surface area contributed by atoms with Crippen molar-refractivity contribution in [1.29, 1.82) is 0 Å². The number of alkyl halides is 3. The number of rotatable bonds is 6. The van der Waals surface area contributed by atoms with E-state index in [1.54, 1.807) is 13.8 Å². The number of hydrogen-bond donors (Lipinski definition) is 2. The molecule has 1 atom stereocenters. The maximum absolute atomic E-state index is 14.2. The lowest BCUT2D eigenvalue weighted by molar-refractivity contribution is -0.137. The summed E-state index contributed by atoms with van der Waals surface area (Å²) in [5.41, 5.74) is -2.73. The molecule has 0 spiro atoms. The molecule has 2 rings (SSSR count). The summed E-state index contributed by atoms with van der Waals surface area (Å²) in [5, 5.41) is 5.57. The van der Waals surface area contributed by atoms with Crippen LogP contribution in [0.5, 0.6) is 0 Å². The molecule has 0 bridgehead atoms. The molecule has 1 heterocycles. The highest BCUT2D eigenvalue weighted by molar-refractivity contribution is 6.30. The maximum atomic E-state index is 14.2. The molecule has 2 aromatic rings. The lowest BCUT2D eigenvalue weighted by Gasteiger charge is -2.35. The summed E-state index contributed by atoms with van der Waals surface area (Å²) in [6, 6.07) is 4.16. The third kappa shape index (κ3) is 5.47. The summed E-state index contributed by atoms with van der Waals surface area (Å²) in [5.74, 6) is -1.09. The number of carbonyl (C=O) groups is 1. The number of pyridine rings is 1. The van der Waals surface area contributed by atoms with Crippen molar-refractivity contribution in [3.63, 3.8) is 0 Å². The molecule has 1 aromatic carbocycles. The molecular weight excluding hydrogens is 410 g/mol. The third-order valence-corrected chi connectivity index (χ3v) is 4.30. The van der Waals surface area contributed by atoms with E-state index in [2.05, 4.69) is 22.2 Å². The smallest absolute Gasteiger partial charge is 0.336 e. The van der Waals surface area contributed by atoms with Gasteiger partial charge in [0, 0.05) is 12.2 Å². The van der Waals surface area contributed by atoms with Crippen LogP contribution in [0.25, 0.3) is 0 Å². The minimum absolute atomic E-state index is 0.0477. The predicted molar refractivity (Wildman–Crippen MR) is 103 cm³/mol. The average molecular weight is 430 g/mol. The van der Waals surface area contributed by atoms with Gasteiger partial charge in [-0.3, -0.25) is 4.98 Å². The summed E-state index contributed by atoms with van der Waals surface area (Å²) in [7, 11) is 0. The number of nitrogens with zero attached hydrogens (tertiary/aromatic N) is 1. The number of aromatic nitrogens is 1. The van der Waals surface area contributed by atoms with E-state index >= 15 is 0 Å². The van der Waals surface area contributed by atoms with Gasteiger partial charge in [-0.25, -0.2) is 9.18 Å². The van der Waals surface area contributed by atoms with Crippen LogP contribution in [-0.2, 0) is 11.7 Å². The lowest BCUT2D eigenvalue weighted by Crippen LogP contribution is -2.52. The van der Waals surface area contributed by atoms with Gasteiger partial charge in [-0.05, 0) is 56.2 Å². The van der Waals surface area contributed by atoms with E-state index < -0.39 is 29.1 Å². The molecular formula is C20H20ClF4N3O. The van der Waals surface area contributed by atoms with Crippen LogP contribution in [0, 0.1) is 5.82 Å². The van der Waals surface area contributed by atoms with Crippen LogP contribution in [0.2, 0.25) is 5.02 Å². The van der Waals surface area contributed by atoms with Gasteiger partial charge in [0.1, 0.15) is 11.4 Å². The SMILES string of the molecule is C=CC[C@](NC(=O)NC(C)C)(c1cc(F)cc(C(F)(F)F)c1)c1ccc(Cl)cn1. The monoisotopic (exact) mass is 429 g/mol. The zero-order valence-corrected chi connectivity index (χ0v) is 16.5. The Kier molecular flexibility index (Phi) is 6.89. The lowest BCUT2D eigenvalue weighted by atomic mass is 9.82. The van der Waals surface area contributed by atoms with Crippen molar-refractivity contribution in [3.8, 4) is 0 Å². The first-order valence-electron chi connectivity index (χ1n) is 8.68. The quantitative estimate of drug-likeness (QED) is 0.476. The van der Waals surface area contributed by atoms with E-state index in [-0.39, 0.29) is 23.7 Å². The van der Waals surface area contributed by atoms with E-state index in [4.69, 9.17) is 11.6 Å². The van der Waals surface area contributed by atoms with Crippen molar-refractivity contribution in [3.05, 3.63) is 76.8 Å². The Bertz CT molecular complexity index is 884. The Morgan fingerprint density at radius 1 is 1.24 bits per heavy atom.